The van der Waals surface area contributed by atoms with E-state index in [0.29, 0.717) is 37.6 Å². The Labute approximate surface area is 266 Å². The van der Waals surface area contributed by atoms with E-state index < -0.39 is 0 Å². The molecule has 44 heavy (non-hydrogen) atoms. The first-order chi connectivity index (χ1) is 20.2. The minimum atomic E-state index is -0.248. The smallest absolute Gasteiger partial charge is 0.253 e. The maximum Gasteiger partial charge on any atom is 0.253 e. The number of aromatic amines is 1. The summed E-state index contributed by atoms with van der Waals surface area (Å²) in [6, 6.07) is 3.94. The lowest BCUT2D eigenvalue weighted by atomic mass is 9.88. The Morgan fingerprint density at radius 3 is 2.30 bits per heavy atom. The lowest BCUT2D eigenvalue weighted by Crippen LogP contribution is -2.35. The number of piperidine rings is 1. The third-order valence-corrected chi connectivity index (χ3v) is 9.43. The lowest BCUT2D eigenvalue weighted by molar-refractivity contribution is -0.137. The first-order valence-electron chi connectivity index (χ1n) is 15.9. The summed E-state index contributed by atoms with van der Waals surface area (Å²) in [5.74, 6) is 0.434. The average Bonchev–Trinajstić information content (AvgIpc) is 3.40. The highest BCUT2D eigenvalue weighted by atomic mass is 32.2. The predicted octanol–water partition coefficient (Wildman–Crippen LogP) is 5.47. The number of anilines is 1. The van der Waals surface area contributed by atoms with Crippen LogP contribution in [0.25, 0.3) is 10.9 Å². The van der Waals surface area contributed by atoms with Crippen molar-refractivity contribution in [2.45, 2.75) is 103 Å². The van der Waals surface area contributed by atoms with E-state index in [2.05, 4.69) is 62.8 Å². The van der Waals surface area contributed by atoms with Gasteiger partial charge in [-0.15, -0.1) is 0 Å². The standard InChI is InChI=1S/C34H50N4O4S.H2O/c1-33(2,3)22-25-24-11-12-26(39)31(30(24)36-32(25)43-34(4,5)6)37-20-16-23(17-21-37)15-18-35-27(40)10-8-7-9-19-38-28(41)13-14-29(38)42;/h11-14,23,36,39H,7-10,15-22H2,1-6H3,(H,35,40);1H2. The summed E-state index contributed by atoms with van der Waals surface area (Å²) in [4.78, 5) is 42.9. The minimum absolute atomic E-state index is 0. The van der Waals surface area contributed by atoms with Gasteiger partial charge in [-0.2, -0.15) is 0 Å². The van der Waals surface area contributed by atoms with E-state index in [9.17, 15) is 19.5 Å². The molecule has 0 saturated carbocycles. The quantitative estimate of drug-likeness (QED) is 0.124. The van der Waals surface area contributed by atoms with Gasteiger partial charge in [0.15, 0.2) is 0 Å². The molecule has 244 valence electrons. The SMILES string of the molecule is CC(C)(C)Cc1c([SH+]C(C)(C)C)[nH]c2c(N3CCC(CCNC(=O)CCCCCN4C(=O)C=CC4=O)CC3)c(O)ccc12.[OH-]. The number of H-pyrrole nitrogens is 1. The van der Waals surface area contributed by atoms with E-state index >= 15 is 0 Å². The van der Waals surface area contributed by atoms with E-state index in [1.54, 1.807) is 0 Å². The molecule has 2 aliphatic rings. The highest BCUT2D eigenvalue weighted by molar-refractivity contribution is 7.80. The van der Waals surface area contributed by atoms with E-state index in [1.165, 1.54) is 44.8 Å². The number of nitrogens with one attached hydrogen (secondary N) is 2. The van der Waals surface area contributed by atoms with E-state index in [0.717, 1.165) is 62.8 Å². The molecule has 0 bridgehead atoms. The van der Waals surface area contributed by atoms with Gasteiger partial charge in [0.25, 0.3) is 11.8 Å². The topological polar surface area (TPSA) is 136 Å². The maximum absolute atomic E-state index is 12.3. The van der Waals surface area contributed by atoms with Crippen molar-refractivity contribution in [3.63, 3.8) is 0 Å². The van der Waals surface area contributed by atoms with Crippen molar-refractivity contribution < 1.29 is 25.0 Å². The summed E-state index contributed by atoms with van der Waals surface area (Å²) < 4.78 is 0.123. The molecule has 3 heterocycles. The first kappa shape index (κ1) is 35.5. The van der Waals surface area contributed by atoms with Crippen LogP contribution >= 0.6 is 0 Å². The Hall–Kier alpha value is -2.98. The van der Waals surface area contributed by atoms with Gasteiger partial charge in [0.2, 0.25) is 10.9 Å². The molecule has 0 unspecified atom stereocenters. The molecule has 2 aliphatic heterocycles. The number of phenolic OH excluding ortho intramolecular Hbond substituents is 1. The monoisotopic (exact) mass is 628 g/mol. The highest BCUT2D eigenvalue weighted by Crippen LogP contribution is 2.42. The molecule has 3 amide bonds. The van der Waals surface area contributed by atoms with Crippen LogP contribution in [0.2, 0.25) is 0 Å². The number of fused-ring (bicyclic) bond motifs is 1. The fourth-order valence-electron chi connectivity index (χ4n) is 6.07. The second kappa shape index (κ2) is 14.9. The molecule has 0 aliphatic carbocycles. The van der Waals surface area contributed by atoms with Gasteiger partial charge in [-0.1, -0.05) is 27.2 Å². The third kappa shape index (κ3) is 9.51. The fraction of sp³-hybridized carbons (Fsp3) is 0.618. The number of benzene rings is 1. The molecule has 0 atom stereocenters. The van der Waals surface area contributed by atoms with Crippen molar-refractivity contribution in [1.29, 1.82) is 0 Å². The van der Waals surface area contributed by atoms with Crippen molar-refractivity contribution in [3.8, 4) is 5.75 Å². The summed E-state index contributed by atoms with van der Waals surface area (Å²) in [5, 5.41) is 16.6. The molecule has 1 saturated heterocycles. The molecule has 2 aromatic rings. The number of thiol groups is 1. The lowest BCUT2D eigenvalue weighted by Gasteiger charge is -2.34. The van der Waals surface area contributed by atoms with Gasteiger partial charge in [-0.3, -0.25) is 19.3 Å². The van der Waals surface area contributed by atoms with Crippen molar-refractivity contribution in [3.05, 3.63) is 29.8 Å². The molecule has 9 nitrogen and oxygen atoms in total. The van der Waals surface area contributed by atoms with Crippen LogP contribution in [0.1, 0.15) is 92.1 Å². The Morgan fingerprint density at radius 2 is 1.68 bits per heavy atom. The van der Waals surface area contributed by atoms with Crippen LogP contribution < -0.4 is 10.2 Å². The van der Waals surface area contributed by atoms with Crippen molar-refractivity contribution in [1.82, 2.24) is 15.2 Å². The Balaban J connectivity index is 0.00000529. The Bertz CT molecular complexity index is 1330. The summed E-state index contributed by atoms with van der Waals surface area (Å²) >= 11 is 1.26. The maximum atomic E-state index is 12.3. The number of carbonyl (C=O) groups is 3. The number of hydrogen-bond acceptors (Lipinski definition) is 6. The number of aromatic nitrogens is 1. The van der Waals surface area contributed by atoms with Gasteiger partial charge in [0.05, 0.1) is 5.52 Å². The zero-order chi connectivity index (χ0) is 31.4. The predicted molar refractivity (Wildman–Crippen MR) is 179 cm³/mol. The second-order valence-electron chi connectivity index (χ2n) is 14.4. The summed E-state index contributed by atoms with van der Waals surface area (Å²) in [6.45, 7) is 16.5. The van der Waals surface area contributed by atoms with E-state index in [1.807, 2.05) is 6.07 Å². The van der Waals surface area contributed by atoms with E-state index in [-0.39, 0.29) is 33.4 Å². The normalized spacial score (nSPS) is 16.2. The number of hydrogen-bond donors (Lipinski definition) is 3. The van der Waals surface area contributed by atoms with Gasteiger partial charge < -0.3 is 25.8 Å². The van der Waals surface area contributed by atoms with Gasteiger partial charge in [0, 0.05) is 67.5 Å². The fourth-order valence-corrected chi connectivity index (χ4v) is 7.25. The summed E-state index contributed by atoms with van der Waals surface area (Å²) in [7, 11) is 0. The van der Waals surface area contributed by atoms with Crippen LogP contribution in [0.15, 0.2) is 29.3 Å². The number of carbonyl (C=O) groups excluding carboxylic acids is 3. The zero-order valence-electron chi connectivity index (χ0n) is 27.3. The van der Waals surface area contributed by atoms with Crippen molar-refractivity contribution in [2.75, 3.05) is 31.1 Å². The van der Waals surface area contributed by atoms with Crippen LogP contribution in [0.5, 0.6) is 5.75 Å². The molecule has 1 aromatic heterocycles. The molecule has 0 spiro atoms. The Morgan fingerprint density at radius 1 is 1.02 bits per heavy atom. The number of imide groups is 1. The molecule has 1 fully saturated rings. The summed E-state index contributed by atoms with van der Waals surface area (Å²) in [5.41, 5.74) is 3.48. The average molecular weight is 629 g/mol. The van der Waals surface area contributed by atoms with Crippen LogP contribution in [0, 0.1) is 11.3 Å². The number of unbranched alkanes of at least 4 members (excludes halogenated alkanes) is 2. The van der Waals surface area contributed by atoms with Gasteiger partial charge in [-0.05, 0) is 82.8 Å². The number of rotatable bonds is 12. The minimum Gasteiger partial charge on any atom is -0.870 e. The van der Waals surface area contributed by atoms with Crippen molar-refractivity contribution >= 4 is 46.1 Å². The Kier molecular flexibility index (Phi) is 12.0. The van der Waals surface area contributed by atoms with Crippen LogP contribution in [0.3, 0.4) is 0 Å². The third-order valence-electron chi connectivity index (χ3n) is 8.16. The molecular weight excluding hydrogens is 576 g/mol. The van der Waals surface area contributed by atoms with E-state index in [4.69, 9.17) is 0 Å². The molecule has 10 heteroatoms. The number of phenols is 1. The van der Waals surface area contributed by atoms with Crippen LogP contribution in [-0.2, 0) is 32.6 Å². The largest absolute Gasteiger partial charge is 0.870 e. The van der Waals surface area contributed by atoms with Crippen LogP contribution in [-0.4, -0.2) is 69.1 Å². The number of nitrogens with zero attached hydrogens (tertiary/aromatic N) is 2. The van der Waals surface area contributed by atoms with Crippen molar-refractivity contribution in [2.24, 2.45) is 11.3 Å². The molecular formula is C34H52N4O5S. The van der Waals surface area contributed by atoms with Gasteiger partial charge >= 0.3 is 0 Å². The first-order valence-corrected chi connectivity index (χ1v) is 16.8. The highest BCUT2D eigenvalue weighted by Gasteiger charge is 2.32. The number of aromatic hydroxyl groups is 1. The molecule has 1 aromatic carbocycles. The molecule has 0 radical (unpaired) electrons. The van der Waals surface area contributed by atoms with Gasteiger partial charge in [0.1, 0.15) is 16.2 Å². The number of amides is 3. The molecule has 4 rings (SSSR count). The zero-order valence-corrected chi connectivity index (χ0v) is 28.2. The van der Waals surface area contributed by atoms with Crippen LogP contribution in [0.4, 0.5) is 5.69 Å². The molecule has 4 N–H and O–H groups in total. The summed E-state index contributed by atoms with van der Waals surface area (Å²) in [6.07, 6.45) is 9.31. The second-order valence-corrected chi connectivity index (χ2v) is 16.4. The van der Waals surface area contributed by atoms with Gasteiger partial charge in [-0.25, -0.2) is 0 Å².